The lowest BCUT2D eigenvalue weighted by Gasteiger charge is -2.22. The molecular weight excluding hydrogens is 190 g/mol. The number of aryl methyl sites for hydroxylation is 2. The van der Waals surface area contributed by atoms with Crippen LogP contribution in [0.2, 0.25) is 0 Å². The van der Waals surface area contributed by atoms with E-state index >= 15 is 0 Å². The van der Waals surface area contributed by atoms with Gasteiger partial charge in [-0.1, -0.05) is 0 Å². The predicted octanol–water partition coefficient (Wildman–Crippen LogP) is 1.05. The maximum Gasteiger partial charge on any atom is 0.150 e. The highest BCUT2D eigenvalue weighted by Crippen LogP contribution is 2.25. The van der Waals surface area contributed by atoms with Crippen molar-refractivity contribution < 1.29 is 0 Å². The number of rotatable bonds is 4. The summed E-state index contributed by atoms with van der Waals surface area (Å²) in [7, 11) is 1.87. The lowest BCUT2D eigenvalue weighted by atomic mass is 10.3. The monoisotopic (exact) mass is 207 g/mol. The molecule has 0 aliphatic rings. The third-order valence-electron chi connectivity index (χ3n) is 2.41. The first-order valence-corrected chi connectivity index (χ1v) is 5.02. The Kier molecular flexibility index (Phi) is 3.56. The highest BCUT2D eigenvalue weighted by molar-refractivity contribution is 5.66. The van der Waals surface area contributed by atoms with Gasteiger partial charge < -0.3 is 10.6 Å². The molecule has 0 amide bonds. The van der Waals surface area contributed by atoms with Gasteiger partial charge in [-0.2, -0.15) is 10.4 Å². The standard InChI is InChI=1S/C10H17N5/c1-4-15(7-5-6-11)10-9(12)8(2)13-14(10)3/h4-5,7,12H2,1-3H3. The molecule has 0 spiro atoms. The number of hydrogen-bond donors (Lipinski definition) is 1. The summed E-state index contributed by atoms with van der Waals surface area (Å²) in [4.78, 5) is 2.07. The first kappa shape index (κ1) is 11.4. The number of anilines is 2. The van der Waals surface area contributed by atoms with Gasteiger partial charge in [0.15, 0.2) is 0 Å². The van der Waals surface area contributed by atoms with Gasteiger partial charge in [-0.05, 0) is 13.8 Å². The lowest BCUT2D eigenvalue weighted by Crippen LogP contribution is -2.26. The van der Waals surface area contributed by atoms with Gasteiger partial charge in [0.1, 0.15) is 5.82 Å². The van der Waals surface area contributed by atoms with Crippen molar-refractivity contribution in [1.29, 1.82) is 5.26 Å². The van der Waals surface area contributed by atoms with Crippen molar-refractivity contribution in [2.24, 2.45) is 7.05 Å². The fourth-order valence-electron chi connectivity index (χ4n) is 1.64. The van der Waals surface area contributed by atoms with Crippen LogP contribution in [0.25, 0.3) is 0 Å². The minimum absolute atomic E-state index is 0.498. The van der Waals surface area contributed by atoms with Gasteiger partial charge in [0.05, 0.1) is 23.9 Å². The number of nitrogens with zero attached hydrogens (tertiary/aromatic N) is 4. The normalized spacial score (nSPS) is 10.0. The van der Waals surface area contributed by atoms with Crippen LogP contribution in [-0.2, 0) is 7.05 Å². The van der Waals surface area contributed by atoms with Crippen LogP contribution in [0.3, 0.4) is 0 Å². The van der Waals surface area contributed by atoms with E-state index in [2.05, 4.69) is 16.1 Å². The van der Waals surface area contributed by atoms with Gasteiger partial charge >= 0.3 is 0 Å². The molecule has 0 atom stereocenters. The average Bonchev–Trinajstić information content (AvgIpc) is 2.45. The lowest BCUT2D eigenvalue weighted by molar-refractivity contribution is 0.707. The van der Waals surface area contributed by atoms with Crippen LogP contribution < -0.4 is 10.6 Å². The van der Waals surface area contributed by atoms with Crippen molar-refractivity contribution >= 4 is 11.5 Å². The second-order valence-corrected chi connectivity index (χ2v) is 3.43. The fraction of sp³-hybridized carbons (Fsp3) is 0.600. The Labute approximate surface area is 90.1 Å². The SMILES string of the molecule is CCN(CCC#N)c1c(N)c(C)nn1C. The molecule has 0 fully saturated rings. The molecule has 0 unspecified atom stereocenters. The second-order valence-electron chi connectivity index (χ2n) is 3.43. The molecule has 0 aliphatic heterocycles. The number of aromatic nitrogens is 2. The molecule has 82 valence electrons. The van der Waals surface area contributed by atoms with Gasteiger partial charge in [0.25, 0.3) is 0 Å². The molecule has 1 aromatic rings. The van der Waals surface area contributed by atoms with E-state index in [9.17, 15) is 0 Å². The maximum atomic E-state index is 8.57. The summed E-state index contributed by atoms with van der Waals surface area (Å²) in [6.07, 6.45) is 0.498. The zero-order valence-electron chi connectivity index (χ0n) is 9.49. The third-order valence-corrected chi connectivity index (χ3v) is 2.41. The smallest absolute Gasteiger partial charge is 0.150 e. The largest absolute Gasteiger partial charge is 0.394 e. The predicted molar refractivity (Wildman–Crippen MR) is 60.5 cm³/mol. The minimum atomic E-state index is 0.498. The van der Waals surface area contributed by atoms with Crippen LogP contribution in [0.1, 0.15) is 19.0 Å². The Morgan fingerprint density at radius 3 is 2.67 bits per heavy atom. The van der Waals surface area contributed by atoms with E-state index in [4.69, 9.17) is 11.0 Å². The molecule has 1 heterocycles. The average molecular weight is 207 g/mol. The summed E-state index contributed by atoms with van der Waals surface area (Å²) < 4.78 is 1.77. The van der Waals surface area contributed by atoms with Gasteiger partial charge in [0.2, 0.25) is 0 Å². The molecule has 1 aromatic heterocycles. The molecule has 0 saturated heterocycles. The Balaban J connectivity index is 2.96. The van der Waals surface area contributed by atoms with Crippen molar-refractivity contribution in [3.8, 4) is 6.07 Å². The van der Waals surface area contributed by atoms with Gasteiger partial charge in [0, 0.05) is 20.1 Å². The molecule has 2 N–H and O–H groups in total. The van der Waals surface area contributed by atoms with Crippen LogP contribution >= 0.6 is 0 Å². The molecule has 0 saturated carbocycles. The summed E-state index contributed by atoms with van der Waals surface area (Å²) in [5.74, 6) is 0.908. The Bertz CT molecular complexity index is 374. The Morgan fingerprint density at radius 1 is 1.60 bits per heavy atom. The molecule has 0 aliphatic carbocycles. The van der Waals surface area contributed by atoms with E-state index in [1.54, 1.807) is 4.68 Å². The van der Waals surface area contributed by atoms with Crippen LogP contribution in [0.15, 0.2) is 0 Å². The maximum absolute atomic E-state index is 8.57. The van der Waals surface area contributed by atoms with E-state index in [0.717, 1.165) is 18.1 Å². The van der Waals surface area contributed by atoms with Crippen LogP contribution in [0.4, 0.5) is 11.5 Å². The van der Waals surface area contributed by atoms with E-state index in [1.807, 2.05) is 20.9 Å². The van der Waals surface area contributed by atoms with Gasteiger partial charge in [-0.3, -0.25) is 4.68 Å². The molecule has 5 nitrogen and oxygen atoms in total. The molecule has 1 rings (SSSR count). The number of hydrogen-bond acceptors (Lipinski definition) is 4. The molecule has 15 heavy (non-hydrogen) atoms. The number of nitriles is 1. The number of nitrogens with two attached hydrogens (primary N) is 1. The van der Waals surface area contributed by atoms with E-state index in [0.29, 0.717) is 18.7 Å². The fourth-order valence-corrected chi connectivity index (χ4v) is 1.64. The van der Waals surface area contributed by atoms with Crippen molar-refractivity contribution in [3.05, 3.63) is 5.69 Å². The van der Waals surface area contributed by atoms with E-state index in [1.165, 1.54) is 0 Å². The summed E-state index contributed by atoms with van der Waals surface area (Å²) in [5.41, 5.74) is 7.49. The zero-order chi connectivity index (χ0) is 11.4. The zero-order valence-corrected chi connectivity index (χ0v) is 9.49. The molecule has 5 heteroatoms. The quantitative estimate of drug-likeness (QED) is 0.801. The molecular formula is C10H17N5. The van der Waals surface area contributed by atoms with Gasteiger partial charge in [-0.15, -0.1) is 0 Å². The molecule has 0 bridgehead atoms. The topological polar surface area (TPSA) is 70.9 Å². The summed E-state index contributed by atoms with van der Waals surface area (Å²) >= 11 is 0. The van der Waals surface area contributed by atoms with Crippen LogP contribution in [0.5, 0.6) is 0 Å². The summed E-state index contributed by atoms with van der Waals surface area (Å²) in [6, 6.07) is 2.14. The Hall–Kier alpha value is -1.70. The number of nitrogen functional groups attached to an aromatic ring is 1. The van der Waals surface area contributed by atoms with Crippen molar-refractivity contribution in [2.45, 2.75) is 20.3 Å². The van der Waals surface area contributed by atoms with Crippen LogP contribution in [-0.4, -0.2) is 22.9 Å². The van der Waals surface area contributed by atoms with Crippen molar-refractivity contribution in [2.75, 3.05) is 23.7 Å². The first-order chi connectivity index (χ1) is 7.11. The van der Waals surface area contributed by atoms with Gasteiger partial charge in [-0.25, -0.2) is 0 Å². The summed E-state index contributed by atoms with van der Waals surface area (Å²) in [5, 5.41) is 12.8. The van der Waals surface area contributed by atoms with E-state index in [-0.39, 0.29) is 0 Å². The molecule has 0 radical (unpaired) electrons. The third kappa shape index (κ3) is 2.21. The highest BCUT2D eigenvalue weighted by atomic mass is 15.4. The molecule has 0 aromatic carbocycles. The first-order valence-electron chi connectivity index (χ1n) is 5.02. The Morgan fingerprint density at radius 2 is 2.27 bits per heavy atom. The highest BCUT2D eigenvalue weighted by Gasteiger charge is 2.15. The summed E-state index contributed by atoms with van der Waals surface area (Å²) in [6.45, 7) is 5.44. The van der Waals surface area contributed by atoms with E-state index < -0.39 is 0 Å². The minimum Gasteiger partial charge on any atom is -0.394 e. The van der Waals surface area contributed by atoms with Crippen molar-refractivity contribution in [3.63, 3.8) is 0 Å². The van der Waals surface area contributed by atoms with Crippen LogP contribution in [0, 0.1) is 18.3 Å². The van der Waals surface area contributed by atoms with Crippen molar-refractivity contribution in [1.82, 2.24) is 9.78 Å². The second kappa shape index (κ2) is 4.69.